The Kier molecular flexibility index (Phi) is 2.91. The molecule has 18 heavy (non-hydrogen) atoms. The number of hydrogen-bond acceptors (Lipinski definition) is 4. The first kappa shape index (κ1) is 11.5. The summed E-state index contributed by atoms with van der Waals surface area (Å²) in [7, 11) is 1.92. The van der Waals surface area contributed by atoms with Gasteiger partial charge in [-0.25, -0.2) is 9.50 Å². The van der Waals surface area contributed by atoms with E-state index in [1.165, 1.54) is 18.5 Å². The Morgan fingerprint density at radius 1 is 1.50 bits per heavy atom. The van der Waals surface area contributed by atoms with Crippen molar-refractivity contribution >= 4 is 11.3 Å². The first-order valence-electron chi connectivity index (χ1n) is 6.54. The molecular formula is C13H19N5. The molecule has 96 valence electrons. The Labute approximate surface area is 107 Å². The molecule has 0 amide bonds. The molecule has 0 saturated carbocycles. The average molecular weight is 245 g/mol. The van der Waals surface area contributed by atoms with Crippen LogP contribution in [0.1, 0.15) is 30.1 Å². The Hall–Kier alpha value is -1.62. The summed E-state index contributed by atoms with van der Waals surface area (Å²) >= 11 is 0. The number of fused-ring (bicyclic) bond motifs is 1. The predicted molar refractivity (Wildman–Crippen MR) is 72.1 cm³/mol. The van der Waals surface area contributed by atoms with Gasteiger partial charge < -0.3 is 10.6 Å². The Morgan fingerprint density at radius 2 is 2.39 bits per heavy atom. The molecule has 2 aromatic heterocycles. The van der Waals surface area contributed by atoms with Crippen molar-refractivity contribution in [3.8, 4) is 0 Å². The van der Waals surface area contributed by atoms with Crippen LogP contribution in [-0.2, 0) is 0 Å². The highest BCUT2D eigenvalue weighted by Gasteiger charge is 2.20. The number of aryl methyl sites for hydroxylation is 1. The largest absolute Gasteiger partial charge is 0.384 e. The second kappa shape index (κ2) is 4.57. The van der Waals surface area contributed by atoms with E-state index in [1.54, 1.807) is 0 Å². The van der Waals surface area contributed by atoms with E-state index in [4.69, 9.17) is 0 Å². The maximum atomic E-state index is 4.62. The standard InChI is InChI=1S/C13H19N5/c1-9-12(14-2)13-16-7-5-11(18(13)17-9)10-4-3-6-15-8-10/h5,7,10,14-15H,3-4,6,8H2,1-2H3. The third-order valence-electron chi connectivity index (χ3n) is 3.69. The zero-order valence-corrected chi connectivity index (χ0v) is 10.9. The quantitative estimate of drug-likeness (QED) is 0.843. The van der Waals surface area contributed by atoms with Crippen molar-refractivity contribution in [2.45, 2.75) is 25.7 Å². The monoisotopic (exact) mass is 245 g/mol. The molecule has 1 aliphatic rings. The average Bonchev–Trinajstić information content (AvgIpc) is 2.74. The molecule has 0 aliphatic carbocycles. The van der Waals surface area contributed by atoms with Gasteiger partial charge in [-0.3, -0.25) is 0 Å². The van der Waals surface area contributed by atoms with E-state index in [2.05, 4.69) is 26.8 Å². The predicted octanol–water partition coefficient (Wildman–Crippen LogP) is 1.55. The van der Waals surface area contributed by atoms with Gasteiger partial charge in [-0.05, 0) is 32.4 Å². The topological polar surface area (TPSA) is 54.2 Å². The Balaban J connectivity index is 2.11. The van der Waals surface area contributed by atoms with Crippen LogP contribution in [-0.4, -0.2) is 34.7 Å². The van der Waals surface area contributed by atoms with Gasteiger partial charge in [0.2, 0.25) is 0 Å². The van der Waals surface area contributed by atoms with E-state index >= 15 is 0 Å². The molecule has 0 radical (unpaired) electrons. The van der Waals surface area contributed by atoms with Gasteiger partial charge >= 0.3 is 0 Å². The molecule has 5 nitrogen and oxygen atoms in total. The molecule has 3 heterocycles. The highest BCUT2D eigenvalue weighted by atomic mass is 15.3. The number of nitrogens with one attached hydrogen (secondary N) is 2. The van der Waals surface area contributed by atoms with Crippen LogP contribution >= 0.6 is 0 Å². The number of hydrogen-bond donors (Lipinski definition) is 2. The minimum Gasteiger partial charge on any atom is -0.384 e. The van der Waals surface area contributed by atoms with E-state index in [0.717, 1.165) is 30.1 Å². The lowest BCUT2D eigenvalue weighted by atomic mass is 9.96. The van der Waals surface area contributed by atoms with Gasteiger partial charge in [-0.2, -0.15) is 5.10 Å². The van der Waals surface area contributed by atoms with Crippen molar-refractivity contribution in [1.29, 1.82) is 0 Å². The molecule has 0 spiro atoms. The van der Waals surface area contributed by atoms with Gasteiger partial charge in [0.15, 0.2) is 5.65 Å². The number of rotatable bonds is 2. The molecule has 1 fully saturated rings. The molecule has 1 atom stereocenters. The van der Waals surface area contributed by atoms with Crippen molar-refractivity contribution in [3.63, 3.8) is 0 Å². The summed E-state index contributed by atoms with van der Waals surface area (Å²) in [6, 6.07) is 2.09. The third kappa shape index (κ3) is 1.75. The maximum absolute atomic E-state index is 4.62. The number of nitrogens with zero attached hydrogens (tertiary/aromatic N) is 3. The van der Waals surface area contributed by atoms with Crippen LogP contribution in [0.4, 0.5) is 5.69 Å². The zero-order valence-electron chi connectivity index (χ0n) is 10.9. The number of piperidine rings is 1. The van der Waals surface area contributed by atoms with Crippen molar-refractivity contribution in [1.82, 2.24) is 19.9 Å². The summed E-state index contributed by atoms with van der Waals surface area (Å²) in [5.41, 5.74) is 4.22. The van der Waals surface area contributed by atoms with Crippen molar-refractivity contribution in [2.24, 2.45) is 0 Å². The smallest absolute Gasteiger partial charge is 0.179 e. The second-order valence-electron chi connectivity index (χ2n) is 4.86. The summed E-state index contributed by atoms with van der Waals surface area (Å²) in [5, 5.41) is 11.3. The summed E-state index contributed by atoms with van der Waals surface area (Å²) in [5.74, 6) is 0.535. The normalized spacial score (nSPS) is 20.2. The van der Waals surface area contributed by atoms with E-state index in [0.29, 0.717) is 5.92 Å². The molecule has 1 saturated heterocycles. The van der Waals surface area contributed by atoms with E-state index in [9.17, 15) is 0 Å². The fraction of sp³-hybridized carbons (Fsp3) is 0.538. The van der Waals surface area contributed by atoms with Gasteiger partial charge in [-0.15, -0.1) is 0 Å². The van der Waals surface area contributed by atoms with Crippen molar-refractivity contribution in [3.05, 3.63) is 23.7 Å². The van der Waals surface area contributed by atoms with E-state index in [1.807, 2.05) is 24.7 Å². The first-order valence-corrected chi connectivity index (χ1v) is 6.54. The molecule has 1 aliphatic heterocycles. The molecular weight excluding hydrogens is 226 g/mol. The second-order valence-corrected chi connectivity index (χ2v) is 4.86. The van der Waals surface area contributed by atoms with Gasteiger partial charge in [0.05, 0.1) is 11.4 Å². The molecule has 1 unspecified atom stereocenters. The third-order valence-corrected chi connectivity index (χ3v) is 3.69. The fourth-order valence-electron chi connectivity index (χ4n) is 2.78. The summed E-state index contributed by atoms with van der Waals surface area (Å²) in [6.07, 6.45) is 4.34. The van der Waals surface area contributed by atoms with Crippen LogP contribution in [0.3, 0.4) is 0 Å². The zero-order chi connectivity index (χ0) is 12.5. The van der Waals surface area contributed by atoms with E-state index < -0.39 is 0 Å². The SMILES string of the molecule is CNc1c(C)nn2c(C3CCCNC3)ccnc12. The van der Waals surface area contributed by atoms with Crippen LogP contribution in [0.2, 0.25) is 0 Å². The lowest BCUT2D eigenvalue weighted by molar-refractivity contribution is 0.448. The van der Waals surface area contributed by atoms with Crippen LogP contribution in [0.25, 0.3) is 5.65 Å². The van der Waals surface area contributed by atoms with Gasteiger partial charge in [0.1, 0.15) is 5.69 Å². The minimum atomic E-state index is 0.535. The molecule has 2 N–H and O–H groups in total. The number of anilines is 1. The molecule has 5 heteroatoms. The molecule has 0 aromatic carbocycles. The Morgan fingerprint density at radius 3 is 3.11 bits per heavy atom. The fourth-order valence-corrected chi connectivity index (χ4v) is 2.78. The lowest BCUT2D eigenvalue weighted by Crippen LogP contribution is -2.29. The van der Waals surface area contributed by atoms with Gasteiger partial charge in [0, 0.05) is 25.7 Å². The highest BCUT2D eigenvalue weighted by molar-refractivity contribution is 5.70. The van der Waals surface area contributed by atoms with Crippen LogP contribution < -0.4 is 10.6 Å². The van der Waals surface area contributed by atoms with Crippen LogP contribution in [0, 0.1) is 6.92 Å². The maximum Gasteiger partial charge on any atom is 0.179 e. The minimum absolute atomic E-state index is 0.535. The Bertz CT molecular complexity index is 554. The van der Waals surface area contributed by atoms with Crippen LogP contribution in [0.15, 0.2) is 12.3 Å². The molecule has 3 rings (SSSR count). The van der Waals surface area contributed by atoms with Crippen molar-refractivity contribution in [2.75, 3.05) is 25.5 Å². The lowest BCUT2D eigenvalue weighted by Gasteiger charge is -2.23. The highest BCUT2D eigenvalue weighted by Crippen LogP contribution is 2.26. The van der Waals surface area contributed by atoms with Crippen LogP contribution in [0.5, 0.6) is 0 Å². The first-order chi connectivity index (χ1) is 8.81. The van der Waals surface area contributed by atoms with E-state index in [-0.39, 0.29) is 0 Å². The molecule has 0 bridgehead atoms. The van der Waals surface area contributed by atoms with Gasteiger partial charge in [-0.1, -0.05) is 0 Å². The van der Waals surface area contributed by atoms with Gasteiger partial charge in [0.25, 0.3) is 0 Å². The summed E-state index contributed by atoms with van der Waals surface area (Å²) < 4.78 is 2.00. The summed E-state index contributed by atoms with van der Waals surface area (Å²) in [4.78, 5) is 4.45. The van der Waals surface area contributed by atoms with Crippen molar-refractivity contribution < 1.29 is 0 Å². The molecule has 2 aromatic rings. The summed E-state index contributed by atoms with van der Waals surface area (Å²) in [6.45, 7) is 4.18. The number of aromatic nitrogens is 3.